The van der Waals surface area contributed by atoms with E-state index >= 15 is 0 Å². The first-order valence-corrected chi connectivity index (χ1v) is 4.82. The Hall–Kier alpha value is -1.22. The Morgan fingerprint density at radius 1 is 1.12 bits per heavy atom. The lowest BCUT2D eigenvalue weighted by atomic mass is 9.98. The molecule has 0 spiro atoms. The van der Waals surface area contributed by atoms with E-state index in [1.165, 1.54) is 0 Å². The van der Waals surface area contributed by atoms with E-state index in [2.05, 4.69) is 0 Å². The average Bonchev–Trinajstić information content (AvgIpc) is 2.22. The SMILES string of the molecule is CCC(CCCC(=O)N(O)O)C(=O)N(O)O. The first kappa shape index (κ1) is 14.8. The van der Waals surface area contributed by atoms with Crippen LogP contribution in [-0.4, -0.2) is 43.1 Å². The Balaban J connectivity index is 3.98. The van der Waals surface area contributed by atoms with Crippen LogP contribution in [0, 0.1) is 5.92 Å². The molecule has 0 aliphatic rings. The van der Waals surface area contributed by atoms with Crippen LogP contribution in [0.2, 0.25) is 0 Å². The van der Waals surface area contributed by atoms with Crippen molar-refractivity contribution in [1.82, 2.24) is 10.5 Å². The van der Waals surface area contributed by atoms with Crippen LogP contribution in [0.4, 0.5) is 0 Å². The van der Waals surface area contributed by atoms with Crippen molar-refractivity contribution in [2.24, 2.45) is 5.92 Å². The Bertz CT molecular complexity index is 243. The van der Waals surface area contributed by atoms with Gasteiger partial charge in [-0.3, -0.25) is 30.4 Å². The molecule has 0 aromatic rings. The fourth-order valence-corrected chi connectivity index (χ4v) is 1.27. The predicted molar refractivity (Wildman–Crippen MR) is 48.5 cm³/mol. The van der Waals surface area contributed by atoms with E-state index in [1.807, 2.05) is 0 Å². The van der Waals surface area contributed by atoms with Crippen LogP contribution < -0.4 is 0 Å². The second kappa shape index (κ2) is 7.12. The molecule has 8 nitrogen and oxygen atoms in total. The lowest BCUT2D eigenvalue weighted by Crippen LogP contribution is -2.30. The number of hydroxylamine groups is 4. The van der Waals surface area contributed by atoms with Gasteiger partial charge in [0.2, 0.25) is 0 Å². The van der Waals surface area contributed by atoms with Gasteiger partial charge in [-0.2, -0.15) is 0 Å². The molecule has 0 saturated heterocycles. The van der Waals surface area contributed by atoms with Gasteiger partial charge in [0.15, 0.2) is 0 Å². The van der Waals surface area contributed by atoms with Gasteiger partial charge in [-0.1, -0.05) is 17.4 Å². The van der Waals surface area contributed by atoms with Crippen LogP contribution in [0.5, 0.6) is 0 Å². The van der Waals surface area contributed by atoms with Crippen LogP contribution in [0.25, 0.3) is 0 Å². The highest BCUT2D eigenvalue weighted by molar-refractivity contribution is 5.76. The normalized spacial score (nSPS) is 12.1. The summed E-state index contributed by atoms with van der Waals surface area (Å²) >= 11 is 0. The van der Waals surface area contributed by atoms with Gasteiger partial charge >= 0.3 is 0 Å². The number of rotatable bonds is 6. The Morgan fingerprint density at radius 3 is 2.06 bits per heavy atom. The molecule has 0 aliphatic heterocycles. The highest BCUT2D eigenvalue weighted by Gasteiger charge is 2.21. The number of hydrogen-bond acceptors (Lipinski definition) is 6. The van der Waals surface area contributed by atoms with Crippen LogP contribution in [0.15, 0.2) is 0 Å². The van der Waals surface area contributed by atoms with E-state index in [0.29, 0.717) is 6.42 Å². The minimum atomic E-state index is -0.882. The quantitative estimate of drug-likeness (QED) is 0.391. The fourth-order valence-electron chi connectivity index (χ4n) is 1.27. The van der Waals surface area contributed by atoms with Gasteiger partial charge in [0.1, 0.15) is 0 Å². The Labute approximate surface area is 92.1 Å². The van der Waals surface area contributed by atoms with Gasteiger partial charge in [0, 0.05) is 12.3 Å². The average molecular weight is 236 g/mol. The maximum atomic E-state index is 11.1. The van der Waals surface area contributed by atoms with Crippen molar-refractivity contribution in [1.29, 1.82) is 0 Å². The number of amides is 2. The summed E-state index contributed by atoms with van der Waals surface area (Å²) < 4.78 is 0. The second-order valence-corrected chi connectivity index (χ2v) is 3.31. The van der Waals surface area contributed by atoms with Crippen LogP contribution in [-0.2, 0) is 9.59 Å². The van der Waals surface area contributed by atoms with E-state index < -0.39 is 28.2 Å². The largest absolute Gasteiger partial charge is 0.276 e. The summed E-state index contributed by atoms with van der Waals surface area (Å²) in [5, 5.41) is 32.7. The van der Waals surface area contributed by atoms with Gasteiger partial charge in [-0.25, -0.2) is 0 Å². The summed E-state index contributed by atoms with van der Waals surface area (Å²) in [4.78, 5) is 21.9. The fraction of sp³-hybridized carbons (Fsp3) is 0.750. The topological polar surface area (TPSA) is 122 Å². The molecule has 2 amide bonds. The van der Waals surface area contributed by atoms with Crippen molar-refractivity contribution < 1.29 is 30.4 Å². The number of nitrogens with zero attached hydrogens (tertiary/aromatic N) is 2. The van der Waals surface area contributed by atoms with Gasteiger partial charge in [-0.15, -0.1) is 0 Å². The first-order chi connectivity index (χ1) is 7.40. The van der Waals surface area contributed by atoms with E-state index in [-0.39, 0.29) is 19.3 Å². The van der Waals surface area contributed by atoms with Gasteiger partial charge in [0.05, 0.1) is 0 Å². The summed E-state index contributed by atoms with van der Waals surface area (Å²) in [7, 11) is 0. The molecule has 1 atom stereocenters. The zero-order valence-corrected chi connectivity index (χ0v) is 8.91. The molecule has 0 radical (unpaired) electrons. The number of carbonyl (C=O) groups is 2. The maximum absolute atomic E-state index is 11.1. The minimum Gasteiger partial charge on any atom is -0.270 e. The smallest absolute Gasteiger partial charge is 0.270 e. The Morgan fingerprint density at radius 2 is 1.69 bits per heavy atom. The molecular formula is C8H16N2O6. The summed E-state index contributed by atoms with van der Waals surface area (Å²) in [5.41, 5.74) is 0. The second-order valence-electron chi connectivity index (χ2n) is 3.31. The first-order valence-electron chi connectivity index (χ1n) is 4.82. The van der Waals surface area contributed by atoms with E-state index in [0.717, 1.165) is 0 Å². The summed E-state index contributed by atoms with van der Waals surface area (Å²) in [6.07, 6.45) is 0.765. The molecule has 4 N–H and O–H groups in total. The van der Waals surface area contributed by atoms with Gasteiger partial charge in [0.25, 0.3) is 11.8 Å². The zero-order chi connectivity index (χ0) is 12.7. The van der Waals surface area contributed by atoms with Crippen LogP contribution >= 0.6 is 0 Å². The van der Waals surface area contributed by atoms with Gasteiger partial charge in [-0.05, 0) is 19.3 Å². The van der Waals surface area contributed by atoms with Gasteiger partial charge < -0.3 is 0 Å². The molecule has 0 rings (SSSR count). The standard InChI is InChI=1S/C8H16N2O6/c1-2-6(8(12)10(15)16)4-3-5-7(11)9(13)14/h6,13-16H,2-5H2,1H3. The van der Waals surface area contributed by atoms with Crippen LogP contribution in [0.3, 0.4) is 0 Å². The number of carbonyl (C=O) groups excluding carboxylic acids is 2. The molecule has 0 fully saturated rings. The van der Waals surface area contributed by atoms with E-state index in [4.69, 9.17) is 20.8 Å². The molecule has 1 unspecified atom stereocenters. The molecular weight excluding hydrogens is 220 g/mol. The molecule has 16 heavy (non-hydrogen) atoms. The molecule has 0 heterocycles. The van der Waals surface area contributed by atoms with E-state index in [9.17, 15) is 9.59 Å². The maximum Gasteiger partial charge on any atom is 0.276 e. The van der Waals surface area contributed by atoms with Crippen molar-refractivity contribution in [2.75, 3.05) is 0 Å². The summed E-state index contributed by atoms with van der Waals surface area (Å²) in [5.74, 6) is -2.33. The molecule has 0 saturated carbocycles. The molecule has 94 valence electrons. The third kappa shape index (κ3) is 5.03. The summed E-state index contributed by atoms with van der Waals surface area (Å²) in [6.45, 7) is 1.69. The molecule has 0 aliphatic carbocycles. The highest BCUT2D eigenvalue weighted by Crippen LogP contribution is 2.14. The van der Waals surface area contributed by atoms with E-state index in [1.54, 1.807) is 6.92 Å². The third-order valence-corrected chi connectivity index (χ3v) is 2.21. The number of hydrogen-bond donors (Lipinski definition) is 4. The molecule has 8 heteroatoms. The predicted octanol–water partition coefficient (Wildman–Crippen LogP) is 0.397. The van der Waals surface area contributed by atoms with Crippen molar-refractivity contribution in [2.45, 2.75) is 32.6 Å². The highest BCUT2D eigenvalue weighted by atomic mass is 16.8. The van der Waals surface area contributed by atoms with Crippen molar-refractivity contribution in [3.8, 4) is 0 Å². The summed E-state index contributed by atoms with van der Waals surface area (Å²) in [6, 6.07) is 0. The lowest BCUT2D eigenvalue weighted by molar-refractivity contribution is -0.288. The third-order valence-electron chi connectivity index (χ3n) is 2.21. The zero-order valence-electron chi connectivity index (χ0n) is 8.91. The van der Waals surface area contributed by atoms with Crippen molar-refractivity contribution in [3.05, 3.63) is 0 Å². The minimum absolute atomic E-state index is 0.131. The van der Waals surface area contributed by atoms with Crippen LogP contribution in [0.1, 0.15) is 32.6 Å². The molecule has 0 bridgehead atoms. The Kier molecular flexibility index (Phi) is 6.58. The lowest BCUT2D eigenvalue weighted by Gasteiger charge is -2.15. The van der Waals surface area contributed by atoms with Crippen molar-refractivity contribution >= 4 is 11.8 Å². The van der Waals surface area contributed by atoms with Crippen molar-refractivity contribution in [3.63, 3.8) is 0 Å². The molecule has 0 aromatic heterocycles. The monoisotopic (exact) mass is 236 g/mol. The molecule has 0 aromatic carbocycles.